The van der Waals surface area contributed by atoms with Crippen LogP contribution in [0.15, 0.2) is 71.8 Å². The molecule has 0 bridgehead atoms. The molecule has 0 atom stereocenters. The van der Waals surface area contributed by atoms with Crippen LogP contribution in [0.3, 0.4) is 0 Å². The smallest absolute Gasteiger partial charge is 0.343 e. The first-order valence-electron chi connectivity index (χ1n) is 9.34. The molecule has 0 heterocycles. The fraction of sp³-hybridized carbons (Fsp3) is 0.0870. The number of halogens is 1. The minimum absolute atomic E-state index is 0.200. The maximum Gasteiger partial charge on any atom is 0.343 e. The zero-order valence-electron chi connectivity index (χ0n) is 16.5. The van der Waals surface area contributed by atoms with E-state index in [-0.39, 0.29) is 5.56 Å². The number of carbonyl (C=O) groups is 2. The van der Waals surface area contributed by atoms with Crippen LogP contribution in [-0.4, -0.2) is 29.9 Å². The summed E-state index contributed by atoms with van der Waals surface area (Å²) in [6, 6.07) is 18.5. The van der Waals surface area contributed by atoms with E-state index in [4.69, 9.17) is 14.6 Å². The van der Waals surface area contributed by atoms with Crippen molar-refractivity contribution in [2.24, 2.45) is 5.10 Å². The third-order valence-corrected chi connectivity index (χ3v) is 4.88. The predicted octanol–water partition coefficient (Wildman–Crippen LogP) is 5.05. The number of hydrogen-bond donors (Lipinski definition) is 2. The lowest BCUT2D eigenvalue weighted by atomic mass is 10.2. The molecule has 3 aromatic carbocycles. The van der Waals surface area contributed by atoms with Crippen LogP contribution in [0.2, 0.25) is 0 Å². The summed E-state index contributed by atoms with van der Waals surface area (Å²) in [5.74, 6) is -0.662. The number of nitrogens with zero attached hydrogens (tertiary/aromatic N) is 1. The second-order valence-corrected chi connectivity index (χ2v) is 7.43. The average Bonchev–Trinajstić information content (AvgIpc) is 2.77. The first-order chi connectivity index (χ1) is 15.0. The fourth-order valence-electron chi connectivity index (χ4n) is 2.62. The Morgan fingerprint density at radius 3 is 2.42 bits per heavy atom. The monoisotopic (exact) mass is 530 g/mol. The van der Waals surface area contributed by atoms with Gasteiger partial charge in [0.25, 0.3) is 0 Å². The van der Waals surface area contributed by atoms with Gasteiger partial charge in [-0.15, -0.1) is 0 Å². The van der Waals surface area contributed by atoms with Crippen LogP contribution < -0.4 is 14.9 Å². The minimum atomic E-state index is -0.985. The minimum Gasteiger partial charge on any atom is -0.490 e. The molecule has 0 aromatic heterocycles. The van der Waals surface area contributed by atoms with Crippen molar-refractivity contribution in [1.82, 2.24) is 0 Å². The number of anilines is 1. The van der Waals surface area contributed by atoms with Gasteiger partial charge in [-0.3, -0.25) is 5.43 Å². The van der Waals surface area contributed by atoms with E-state index in [1.165, 1.54) is 12.1 Å². The van der Waals surface area contributed by atoms with Crippen molar-refractivity contribution < 1.29 is 24.2 Å². The molecule has 2 N–H and O–H groups in total. The van der Waals surface area contributed by atoms with E-state index < -0.39 is 11.9 Å². The summed E-state index contributed by atoms with van der Waals surface area (Å²) in [7, 11) is 0. The lowest BCUT2D eigenvalue weighted by Gasteiger charge is -2.13. The van der Waals surface area contributed by atoms with Gasteiger partial charge in [0, 0.05) is 0 Å². The highest BCUT2D eigenvalue weighted by atomic mass is 127. The Bertz CT molecular complexity index is 1100. The Labute approximate surface area is 192 Å². The molecular weight excluding hydrogens is 511 g/mol. The summed E-state index contributed by atoms with van der Waals surface area (Å²) in [5.41, 5.74) is 4.88. The van der Waals surface area contributed by atoms with E-state index in [2.05, 4.69) is 33.1 Å². The summed E-state index contributed by atoms with van der Waals surface area (Å²) < 4.78 is 12.0. The van der Waals surface area contributed by atoms with Crippen LogP contribution in [0.25, 0.3) is 0 Å². The molecule has 0 saturated heterocycles. The number of hydrogen-bond acceptors (Lipinski definition) is 6. The van der Waals surface area contributed by atoms with E-state index in [1.54, 1.807) is 48.7 Å². The average molecular weight is 530 g/mol. The number of carboxylic acids is 1. The van der Waals surface area contributed by atoms with E-state index in [0.29, 0.717) is 32.9 Å². The first-order valence-corrected chi connectivity index (χ1v) is 10.4. The molecular formula is C23H19IN2O5. The molecule has 0 unspecified atom stereocenters. The van der Waals surface area contributed by atoms with Gasteiger partial charge < -0.3 is 14.6 Å². The third kappa shape index (κ3) is 6.05. The number of ether oxygens (including phenoxy) is 2. The van der Waals surface area contributed by atoms with Gasteiger partial charge in [0.15, 0.2) is 11.5 Å². The highest BCUT2D eigenvalue weighted by Crippen LogP contribution is 2.34. The van der Waals surface area contributed by atoms with E-state index in [9.17, 15) is 9.59 Å². The van der Waals surface area contributed by atoms with Crippen LogP contribution in [0.5, 0.6) is 11.5 Å². The predicted molar refractivity (Wildman–Crippen MR) is 126 cm³/mol. The standard InChI is InChI=1S/C23H19IN2O5/c1-2-30-20-13-15(14-25-26-18-10-8-16(9-11-18)22(27)28)12-19(24)21(20)31-23(29)17-6-4-3-5-7-17/h3-14,26H,2H2,1H3,(H,27,28). The molecule has 8 heteroatoms. The Hall–Kier alpha value is -3.40. The van der Waals surface area contributed by atoms with Crippen LogP contribution in [0.1, 0.15) is 33.2 Å². The number of hydrazone groups is 1. The second kappa shape index (κ2) is 10.6. The van der Waals surface area contributed by atoms with E-state index >= 15 is 0 Å². The number of aromatic carboxylic acids is 1. The summed E-state index contributed by atoms with van der Waals surface area (Å²) >= 11 is 2.08. The van der Waals surface area contributed by atoms with Crippen molar-refractivity contribution >= 4 is 46.4 Å². The summed E-state index contributed by atoms with van der Waals surface area (Å²) in [6.45, 7) is 2.25. The van der Waals surface area contributed by atoms with Gasteiger partial charge in [0.05, 0.1) is 33.2 Å². The SMILES string of the molecule is CCOc1cc(C=NNc2ccc(C(=O)O)cc2)cc(I)c1OC(=O)c1ccccc1. The highest BCUT2D eigenvalue weighted by Gasteiger charge is 2.17. The van der Waals surface area contributed by atoms with E-state index in [0.717, 1.165) is 5.56 Å². The zero-order chi connectivity index (χ0) is 22.2. The summed E-state index contributed by atoms with van der Waals surface area (Å²) in [4.78, 5) is 23.4. The molecule has 0 aliphatic carbocycles. The van der Waals surface area contributed by atoms with Crippen molar-refractivity contribution in [3.8, 4) is 11.5 Å². The van der Waals surface area contributed by atoms with Crippen LogP contribution in [0.4, 0.5) is 5.69 Å². The lowest BCUT2D eigenvalue weighted by molar-refractivity contribution is 0.0694. The zero-order valence-corrected chi connectivity index (χ0v) is 18.7. The summed E-state index contributed by atoms with van der Waals surface area (Å²) in [6.07, 6.45) is 1.60. The molecule has 0 aliphatic heterocycles. The Morgan fingerprint density at radius 2 is 1.77 bits per heavy atom. The molecule has 3 rings (SSSR count). The maximum absolute atomic E-state index is 12.4. The number of carboxylic acid groups (broad SMARTS) is 1. The Balaban J connectivity index is 1.76. The van der Waals surface area contributed by atoms with Gasteiger partial charge in [-0.25, -0.2) is 9.59 Å². The van der Waals surface area contributed by atoms with Gasteiger partial charge >= 0.3 is 11.9 Å². The fourth-order valence-corrected chi connectivity index (χ4v) is 3.35. The molecule has 0 aliphatic rings. The summed E-state index contributed by atoms with van der Waals surface area (Å²) in [5, 5.41) is 13.1. The first kappa shape index (κ1) is 22.3. The highest BCUT2D eigenvalue weighted by molar-refractivity contribution is 14.1. The molecule has 158 valence electrons. The number of esters is 1. The third-order valence-electron chi connectivity index (χ3n) is 4.08. The second-order valence-electron chi connectivity index (χ2n) is 6.27. The van der Waals surface area contributed by atoms with Crippen LogP contribution in [0, 0.1) is 3.57 Å². The Morgan fingerprint density at radius 1 is 1.06 bits per heavy atom. The molecule has 0 fully saturated rings. The van der Waals surface area contributed by atoms with Gasteiger partial charge in [-0.2, -0.15) is 5.10 Å². The topological polar surface area (TPSA) is 97.2 Å². The number of benzene rings is 3. The number of nitrogens with one attached hydrogen (secondary N) is 1. The molecule has 0 radical (unpaired) electrons. The van der Waals surface area contributed by atoms with Gasteiger partial charge in [-0.05, 0) is 83.6 Å². The lowest BCUT2D eigenvalue weighted by Crippen LogP contribution is -2.11. The van der Waals surface area contributed by atoms with Crippen molar-refractivity contribution in [1.29, 1.82) is 0 Å². The largest absolute Gasteiger partial charge is 0.490 e. The van der Waals surface area contributed by atoms with Gasteiger partial charge in [-0.1, -0.05) is 18.2 Å². The van der Waals surface area contributed by atoms with Crippen molar-refractivity contribution in [2.45, 2.75) is 6.92 Å². The van der Waals surface area contributed by atoms with Crippen molar-refractivity contribution in [3.63, 3.8) is 0 Å². The maximum atomic E-state index is 12.4. The number of carbonyl (C=O) groups excluding carboxylic acids is 1. The molecule has 0 amide bonds. The van der Waals surface area contributed by atoms with Crippen LogP contribution in [-0.2, 0) is 0 Å². The molecule has 31 heavy (non-hydrogen) atoms. The Kier molecular flexibility index (Phi) is 7.60. The van der Waals surface area contributed by atoms with Crippen LogP contribution >= 0.6 is 22.6 Å². The molecule has 3 aromatic rings. The van der Waals surface area contributed by atoms with Gasteiger partial charge in [0.2, 0.25) is 0 Å². The molecule has 0 saturated carbocycles. The van der Waals surface area contributed by atoms with E-state index in [1.807, 2.05) is 19.1 Å². The molecule has 0 spiro atoms. The molecule has 7 nitrogen and oxygen atoms in total. The normalized spacial score (nSPS) is 10.6. The van der Waals surface area contributed by atoms with Gasteiger partial charge in [0.1, 0.15) is 0 Å². The quantitative estimate of drug-likeness (QED) is 0.139. The number of rotatable bonds is 8. The van der Waals surface area contributed by atoms with Crippen molar-refractivity contribution in [2.75, 3.05) is 12.0 Å². The van der Waals surface area contributed by atoms with Crippen molar-refractivity contribution in [3.05, 3.63) is 87.0 Å².